The molecule has 0 radical (unpaired) electrons. The van der Waals surface area contributed by atoms with Crippen LogP contribution in [0.1, 0.15) is 16.1 Å². The van der Waals surface area contributed by atoms with Gasteiger partial charge in [0, 0.05) is 24.1 Å². The van der Waals surface area contributed by atoms with E-state index in [4.69, 9.17) is 0 Å². The van der Waals surface area contributed by atoms with E-state index in [9.17, 15) is 14.7 Å². The molecule has 6 heteroatoms. The van der Waals surface area contributed by atoms with E-state index in [1.807, 2.05) is 30.3 Å². The first-order valence-electron chi connectivity index (χ1n) is 6.37. The first-order valence-corrected chi connectivity index (χ1v) is 7.16. The van der Waals surface area contributed by atoms with Crippen LogP contribution in [0, 0.1) is 0 Å². The van der Waals surface area contributed by atoms with Gasteiger partial charge in [-0.05, 0) is 27.6 Å². The molecule has 0 bridgehead atoms. The van der Waals surface area contributed by atoms with Crippen LogP contribution < -0.4 is 5.32 Å². The Morgan fingerprint density at radius 1 is 1.33 bits per heavy atom. The summed E-state index contributed by atoms with van der Waals surface area (Å²) in [5.74, 6) is -1.47. The van der Waals surface area contributed by atoms with Gasteiger partial charge in [-0.1, -0.05) is 30.3 Å². The molecule has 2 N–H and O–H groups in total. The van der Waals surface area contributed by atoms with Crippen molar-refractivity contribution >= 4 is 27.8 Å². The van der Waals surface area contributed by atoms with Crippen molar-refractivity contribution in [1.29, 1.82) is 0 Å². The number of hydrogen-bond acceptors (Lipinski definition) is 2. The number of carbonyl (C=O) groups excluding carboxylic acids is 1. The summed E-state index contributed by atoms with van der Waals surface area (Å²) in [6.07, 6.45) is 1.98. The van der Waals surface area contributed by atoms with Crippen molar-refractivity contribution in [3.05, 3.63) is 58.3 Å². The molecule has 0 aliphatic carbocycles. The molecular formula is C15H15BrN2O3. The molecule has 0 aliphatic rings. The second kappa shape index (κ2) is 6.58. The van der Waals surface area contributed by atoms with E-state index in [0.29, 0.717) is 5.69 Å². The molecule has 1 aromatic carbocycles. The lowest BCUT2D eigenvalue weighted by atomic mass is 10.1. The molecule has 0 fully saturated rings. The van der Waals surface area contributed by atoms with Gasteiger partial charge in [0.05, 0.1) is 0 Å². The van der Waals surface area contributed by atoms with E-state index in [1.54, 1.807) is 23.9 Å². The minimum absolute atomic E-state index is 0.244. The quantitative estimate of drug-likeness (QED) is 0.868. The van der Waals surface area contributed by atoms with Gasteiger partial charge in [0.15, 0.2) is 0 Å². The number of amides is 1. The predicted octanol–water partition coefficient (Wildman–Crippen LogP) is 2.21. The molecule has 110 valence electrons. The average Bonchev–Trinajstić information content (AvgIpc) is 2.78. The van der Waals surface area contributed by atoms with Crippen LogP contribution in [0.2, 0.25) is 0 Å². The maximum Gasteiger partial charge on any atom is 0.326 e. The average molecular weight is 351 g/mol. The number of carbonyl (C=O) groups is 2. The Hall–Kier alpha value is -2.08. The highest BCUT2D eigenvalue weighted by Gasteiger charge is 2.22. The number of halogens is 1. The van der Waals surface area contributed by atoms with E-state index >= 15 is 0 Å². The first-order chi connectivity index (χ1) is 9.97. The van der Waals surface area contributed by atoms with E-state index < -0.39 is 17.9 Å². The summed E-state index contributed by atoms with van der Waals surface area (Å²) in [5, 5.41) is 11.8. The molecule has 0 saturated carbocycles. The van der Waals surface area contributed by atoms with Crippen molar-refractivity contribution in [2.24, 2.45) is 7.05 Å². The predicted molar refractivity (Wildman–Crippen MR) is 82.1 cm³/mol. The smallest absolute Gasteiger partial charge is 0.326 e. The lowest BCUT2D eigenvalue weighted by molar-refractivity contribution is -0.139. The molecule has 0 unspecified atom stereocenters. The summed E-state index contributed by atoms with van der Waals surface area (Å²) < 4.78 is 2.41. The van der Waals surface area contributed by atoms with Gasteiger partial charge in [-0.3, -0.25) is 4.79 Å². The number of nitrogens with one attached hydrogen (secondary N) is 1. The Morgan fingerprint density at radius 2 is 2.00 bits per heavy atom. The molecule has 1 amide bonds. The minimum atomic E-state index is -1.06. The van der Waals surface area contributed by atoms with Crippen molar-refractivity contribution in [3.8, 4) is 0 Å². The van der Waals surface area contributed by atoms with Crippen LogP contribution in [0.15, 0.2) is 47.1 Å². The third kappa shape index (κ3) is 3.95. The van der Waals surface area contributed by atoms with Crippen molar-refractivity contribution in [1.82, 2.24) is 9.88 Å². The van der Waals surface area contributed by atoms with E-state index in [2.05, 4.69) is 21.2 Å². The SMILES string of the molecule is Cn1cc(Br)cc1C(=O)N[C@H](Cc1ccccc1)C(=O)O. The van der Waals surface area contributed by atoms with Crippen LogP contribution in [-0.2, 0) is 18.3 Å². The summed E-state index contributed by atoms with van der Waals surface area (Å²) in [5.41, 5.74) is 1.26. The molecule has 0 spiro atoms. The zero-order chi connectivity index (χ0) is 15.4. The highest BCUT2D eigenvalue weighted by molar-refractivity contribution is 9.10. The first kappa shape index (κ1) is 15.3. The lowest BCUT2D eigenvalue weighted by Gasteiger charge is -2.15. The van der Waals surface area contributed by atoms with Gasteiger partial charge in [-0.25, -0.2) is 4.79 Å². The standard InChI is InChI=1S/C15H15BrN2O3/c1-18-9-11(16)8-13(18)14(19)17-12(15(20)21)7-10-5-3-2-4-6-10/h2-6,8-9,12H,7H2,1H3,(H,17,19)(H,20,21)/t12-/m1/s1. The Labute approximate surface area is 130 Å². The molecule has 1 aromatic heterocycles. The van der Waals surface area contributed by atoms with E-state index in [-0.39, 0.29) is 6.42 Å². The van der Waals surface area contributed by atoms with Crippen LogP contribution in [0.5, 0.6) is 0 Å². The summed E-state index contributed by atoms with van der Waals surface area (Å²) in [6, 6.07) is 9.89. The van der Waals surface area contributed by atoms with Gasteiger partial charge >= 0.3 is 5.97 Å². The number of aryl methyl sites for hydroxylation is 1. The molecule has 1 heterocycles. The number of aliphatic carboxylic acids is 1. The van der Waals surface area contributed by atoms with Crippen LogP contribution in [0.25, 0.3) is 0 Å². The number of hydrogen-bond donors (Lipinski definition) is 2. The molecule has 0 aliphatic heterocycles. The highest BCUT2D eigenvalue weighted by Crippen LogP contribution is 2.14. The van der Waals surface area contributed by atoms with Crippen molar-refractivity contribution < 1.29 is 14.7 Å². The van der Waals surface area contributed by atoms with E-state index in [1.165, 1.54) is 0 Å². The monoisotopic (exact) mass is 350 g/mol. The molecule has 1 atom stereocenters. The van der Waals surface area contributed by atoms with Gasteiger partial charge in [-0.2, -0.15) is 0 Å². The second-order valence-corrected chi connectivity index (χ2v) is 5.62. The molecule has 0 saturated heterocycles. The summed E-state index contributed by atoms with van der Waals surface area (Å²) in [7, 11) is 1.73. The zero-order valence-electron chi connectivity index (χ0n) is 11.4. The maximum atomic E-state index is 12.2. The van der Waals surface area contributed by atoms with Crippen LogP contribution >= 0.6 is 15.9 Å². The number of carboxylic acid groups (broad SMARTS) is 1. The Bertz CT molecular complexity index is 652. The fraction of sp³-hybridized carbons (Fsp3) is 0.200. The van der Waals surface area contributed by atoms with Gasteiger partial charge in [0.2, 0.25) is 0 Å². The normalized spacial score (nSPS) is 11.9. The topological polar surface area (TPSA) is 71.3 Å². The van der Waals surface area contributed by atoms with Crippen LogP contribution in [0.3, 0.4) is 0 Å². The third-order valence-corrected chi connectivity index (χ3v) is 3.52. The number of aromatic nitrogens is 1. The van der Waals surface area contributed by atoms with Crippen molar-refractivity contribution in [3.63, 3.8) is 0 Å². The Kier molecular flexibility index (Phi) is 4.80. The summed E-state index contributed by atoms with van der Waals surface area (Å²) in [6.45, 7) is 0. The third-order valence-electron chi connectivity index (χ3n) is 3.09. The number of benzene rings is 1. The van der Waals surface area contributed by atoms with Gasteiger partial charge in [0.1, 0.15) is 11.7 Å². The number of nitrogens with zero attached hydrogens (tertiary/aromatic N) is 1. The fourth-order valence-corrected chi connectivity index (χ4v) is 2.56. The molecular weight excluding hydrogens is 336 g/mol. The largest absolute Gasteiger partial charge is 0.480 e. The molecule has 5 nitrogen and oxygen atoms in total. The lowest BCUT2D eigenvalue weighted by Crippen LogP contribution is -2.42. The zero-order valence-corrected chi connectivity index (χ0v) is 13.0. The van der Waals surface area contributed by atoms with Crippen LogP contribution in [-0.4, -0.2) is 27.6 Å². The minimum Gasteiger partial charge on any atom is -0.480 e. The summed E-state index contributed by atoms with van der Waals surface area (Å²) >= 11 is 3.28. The molecule has 2 rings (SSSR count). The summed E-state index contributed by atoms with van der Waals surface area (Å²) in [4.78, 5) is 23.5. The van der Waals surface area contributed by atoms with Crippen LogP contribution in [0.4, 0.5) is 0 Å². The molecule has 2 aromatic rings. The Morgan fingerprint density at radius 3 is 2.52 bits per heavy atom. The number of carboxylic acids is 1. The van der Waals surface area contributed by atoms with E-state index in [0.717, 1.165) is 10.0 Å². The van der Waals surface area contributed by atoms with Gasteiger partial charge in [-0.15, -0.1) is 0 Å². The Balaban J connectivity index is 2.11. The fourth-order valence-electron chi connectivity index (χ4n) is 2.03. The van der Waals surface area contributed by atoms with Crippen molar-refractivity contribution in [2.75, 3.05) is 0 Å². The molecule has 21 heavy (non-hydrogen) atoms. The maximum absolute atomic E-state index is 12.2. The van der Waals surface area contributed by atoms with Crippen molar-refractivity contribution in [2.45, 2.75) is 12.5 Å². The number of rotatable bonds is 5. The second-order valence-electron chi connectivity index (χ2n) is 4.71. The highest BCUT2D eigenvalue weighted by atomic mass is 79.9. The van der Waals surface area contributed by atoms with Gasteiger partial charge < -0.3 is 15.0 Å². The van der Waals surface area contributed by atoms with Gasteiger partial charge in [0.25, 0.3) is 5.91 Å².